The lowest BCUT2D eigenvalue weighted by Crippen LogP contribution is -2.42. The van der Waals surface area contributed by atoms with Crippen molar-refractivity contribution in [3.63, 3.8) is 0 Å². The van der Waals surface area contributed by atoms with Crippen molar-refractivity contribution in [2.24, 2.45) is 7.05 Å². The number of aliphatic hydroxyl groups is 1. The van der Waals surface area contributed by atoms with Gasteiger partial charge in [-0.3, -0.25) is 19.4 Å². The summed E-state index contributed by atoms with van der Waals surface area (Å²) in [6.07, 6.45) is 10.0. The number of aliphatic hydroxyl groups excluding tert-OH is 1. The zero-order valence-electron chi connectivity index (χ0n) is 17.3. The minimum Gasteiger partial charge on any atom is -0.391 e. The molecule has 0 spiro atoms. The molecule has 0 aliphatic carbocycles. The van der Waals surface area contributed by atoms with Gasteiger partial charge in [-0.1, -0.05) is 24.3 Å². The van der Waals surface area contributed by atoms with Gasteiger partial charge in [-0.05, 0) is 30.0 Å². The van der Waals surface area contributed by atoms with Crippen molar-refractivity contribution in [3.05, 3.63) is 66.9 Å². The predicted octanol–water partition coefficient (Wildman–Crippen LogP) is 3.29. The number of likely N-dealkylation sites (tertiary alicyclic amines) is 1. The Kier molecular flexibility index (Phi) is 4.95. The van der Waals surface area contributed by atoms with Gasteiger partial charge in [-0.2, -0.15) is 5.10 Å². The summed E-state index contributed by atoms with van der Waals surface area (Å²) >= 11 is 0. The summed E-state index contributed by atoms with van der Waals surface area (Å²) in [6, 6.07) is 10.1. The zero-order chi connectivity index (χ0) is 21.4. The molecule has 31 heavy (non-hydrogen) atoms. The van der Waals surface area contributed by atoms with Crippen LogP contribution in [0.15, 0.2) is 61.3 Å². The van der Waals surface area contributed by atoms with E-state index in [4.69, 9.17) is 0 Å². The summed E-state index contributed by atoms with van der Waals surface area (Å²) in [4.78, 5) is 23.5. The highest BCUT2D eigenvalue weighted by atomic mass is 16.3. The smallest absolute Gasteiger partial charge is 0.255 e. The van der Waals surface area contributed by atoms with Crippen molar-refractivity contribution >= 4 is 16.8 Å². The van der Waals surface area contributed by atoms with Gasteiger partial charge in [0, 0.05) is 55.2 Å². The molecule has 5 rings (SSSR count). The number of aryl methyl sites for hydroxylation is 1. The number of aromatic nitrogens is 4. The van der Waals surface area contributed by atoms with E-state index < -0.39 is 6.10 Å². The van der Waals surface area contributed by atoms with Crippen molar-refractivity contribution in [2.45, 2.75) is 18.9 Å². The maximum atomic E-state index is 13.0. The monoisotopic (exact) mass is 413 g/mol. The molecule has 4 aromatic rings. The van der Waals surface area contributed by atoms with Crippen molar-refractivity contribution in [1.29, 1.82) is 0 Å². The van der Waals surface area contributed by atoms with Gasteiger partial charge in [0.2, 0.25) is 0 Å². The van der Waals surface area contributed by atoms with E-state index in [0.29, 0.717) is 18.7 Å². The van der Waals surface area contributed by atoms with E-state index in [0.717, 1.165) is 46.0 Å². The molecule has 0 saturated carbocycles. The van der Waals surface area contributed by atoms with E-state index in [1.54, 1.807) is 22.0 Å². The second-order valence-electron chi connectivity index (χ2n) is 8.00. The first-order valence-corrected chi connectivity index (χ1v) is 10.4. The van der Waals surface area contributed by atoms with Crippen LogP contribution >= 0.6 is 0 Å². The molecule has 0 radical (unpaired) electrons. The van der Waals surface area contributed by atoms with Gasteiger partial charge in [-0.15, -0.1) is 0 Å². The number of carbonyl (C=O) groups is 1. The number of benzene rings is 1. The quantitative estimate of drug-likeness (QED) is 0.557. The van der Waals surface area contributed by atoms with Crippen molar-refractivity contribution in [3.8, 4) is 22.3 Å². The van der Waals surface area contributed by atoms with Crippen LogP contribution in [0.3, 0.4) is 0 Å². The third-order valence-electron chi connectivity index (χ3n) is 5.77. The van der Waals surface area contributed by atoms with Crippen molar-refractivity contribution in [1.82, 2.24) is 24.6 Å². The van der Waals surface area contributed by atoms with Crippen molar-refractivity contribution in [2.75, 3.05) is 13.1 Å². The number of hydrogen-bond donors (Lipinski definition) is 1. The molecule has 7 nitrogen and oxygen atoms in total. The highest BCUT2D eigenvalue weighted by Crippen LogP contribution is 2.30. The fourth-order valence-corrected chi connectivity index (χ4v) is 4.13. The standard InChI is InChI=1S/C24H23N5O2/c1-28-14-19(11-27-28)16-4-6-17(7-5-16)22-12-25-13-23-21(22)9-18(10-26-23)24(31)29-8-2-3-20(30)15-29/h4-7,9-14,20,30H,2-3,8,15H2,1H3/t20-/m1/s1. The Hall–Kier alpha value is -3.58. The lowest BCUT2D eigenvalue weighted by molar-refractivity contribution is 0.0473. The third-order valence-corrected chi connectivity index (χ3v) is 5.77. The first kappa shape index (κ1) is 19.4. The Balaban J connectivity index is 1.50. The maximum absolute atomic E-state index is 13.0. The largest absolute Gasteiger partial charge is 0.391 e. The topological polar surface area (TPSA) is 84.1 Å². The van der Waals surface area contributed by atoms with Crippen LogP contribution < -0.4 is 0 Å². The molecule has 1 aliphatic heterocycles. The fourth-order valence-electron chi connectivity index (χ4n) is 4.13. The Morgan fingerprint density at radius 2 is 1.87 bits per heavy atom. The summed E-state index contributed by atoms with van der Waals surface area (Å²) in [5.74, 6) is -0.0946. The normalized spacial score (nSPS) is 16.6. The highest BCUT2D eigenvalue weighted by molar-refractivity contribution is 6.01. The number of carbonyl (C=O) groups excluding carboxylic acids is 1. The Bertz CT molecular complexity index is 1250. The van der Waals surface area contributed by atoms with Crippen LogP contribution in [0.2, 0.25) is 0 Å². The Labute approximate surface area is 180 Å². The number of pyridine rings is 2. The molecule has 1 aliphatic rings. The first-order chi connectivity index (χ1) is 15.1. The second kappa shape index (κ2) is 7.92. The van der Waals surface area contributed by atoms with Crippen LogP contribution in [-0.2, 0) is 7.05 Å². The van der Waals surface area contributed by atoms with Crippen LogP contribution in [-0.4, -0.2) is 54.9 Å². The van der Waals surface area contributed by atoms with Gasteiger partial charge in [0.15, 0.2) is 0 Å². The molecule has 156 valence electrons. The molecule has 1 N–H and O–H groups in total. The van der Waals surface area contributed by atoms with E-state index in [9.17, 15) is 9.90 Å². The number of rotatable bonds is 3. The maximum Gasteiger partial charge on any atom is 0.255 e. The average molecular weight is 413 g/mol. The van der Waals surface area contributed by atoms with E-state index in [-0.39, 0.29) is 5.91 Å². The van der Waals surface area contributed by atoms with Gasteiger partial charge < -0.3 is 10.0 Å². The number of amides is 1. The number of hydrogen-bond acceptors (Lipinski definition) is 5. The molecule has 1 aromatic carbocycles. The Morgan fingerprint density at radius 3 is 2.61 bits per heavy atom. The first-order valence-electron chi connectivity index (χ1n) is 10.4. The summed E-state index contributed by atoms with van der Waals surface area (Å²) in [5.41, 5.74) is 5.35. The molecule has 7 heteroatoms. The number of nitrogens with zero attached hydrogens (tertiary/aromatic N) is 5. The third kappa shape index (κ3) is 3.80. The molecule has 1 amide bonds. The molecule has 4 heterocycles. The van der Waals surface area contributed by atoms with Gasteiger partial charge in [-0.25, -0.2) is 0 Å². The number of fused-ring (bicyclic) bond motifs is 1. The van der Waals surface area contributed by atoms with E-state index in [1.165, 1.54) is 0 Å². The molecule has 0 unspecified atom stereocenters. The van der Waals surface area contributed by atoms with E-state index >= 15 is 0 Å². The summed E-state index contributed by atoms with van der Waals surface area (Å²) < 4.78 is 1.78. The highest BCUT2D eigenvalue weighted by Gasteiger charge is 2.23. The summed E-state index contributed by atoms with van der Waals surface area (Å²) in [6.45, 7) is 1.03. The van der Waals surface area contributed by atoms with Gasteiger partial charge in [0.05, 0.1) is 29.6 Å². The molecule has 3 aromatic heterocycles. The number of piperidine rings is 1. The van der Waals surface area contributed by atoms with E-state index in [1.807, 2.05) is 43.8 Å². The summed E-state index contributed by atoms with van der Waals surface area (Å²) in [7, 11) is 1.90. The minimum atomic E-state index is -0.454. The molecule has 1 saturated heterocycles. The number of β-amino-alcohol motifs (C(OH)–C–C–N with tert-alkyl or cyclic N) is 1. The molecule has 1 atom stereocenters. The fraction of sp³-hybridized carbons (Fsp3) is 0.250. The molecular formula is C24H23N5O2. The molecule has 0 bridgehead atoms. The molecule has 1 fully saturated rings. The van der Waals surface area contributed by atoms with Gasteiger partial charge in [0.25, 0.3) is 5.91 Å². The van der Waals surface area contributed by atoms with E-state index in [2.05, 4.69) is 27.2 Å². The lowest BCUT2D eigenvalue weighted by atomic mass is 9.99. The summed E-state index contributed by atoms with van der Waals surface area (Å²) in [5, 5.41) is 15.0. The molecular weight excluding hydrogens is 390 g/mol. The van der Waals surface area contributed by atoms with Crippen LogP contribution in [0.25, 0.3) is 33.2 Å². The van der Waals surface area contributed by atoms with Crippen LogP contribution in [0.4, 0.5) is 0 Å². The van der Waals surface area contributed by atoms with Crippen LogP contribution in [0, 0.1) is 0 Å². The Morgan fingerprint density at radius 1 is 1.06 bits per heavy atom. The minimum absolute atomic E-state index is 0.0946. The lowest BCUT2D eigenvalue weighted by Gasteiger charge is -2.30. The SMILES string of the molecule is Cn1cc(-c2ccc(-c3cncc4ncc(C(=O)N5CCC[C@@H](O)C5)cc34)cc2)cn1. The van der Waals surface area contributed by atoms with Crippen LogP contribution in [0.1, 0.15) is 23.2 Å². The van der Waals surface area contributed by atoms with Crippen LogP contribution in [0.5, 0.6) is 0 Å². The van der Waals surface area contributed by atoms with Gasteiger partial charge in [0.1, 0.15) is 0 Å². The van der Waals surface area contributed by atoms with Gasteiger partial charge >= 0.3 is 0 Å². The zero-order valence-corrected chi connectivity index (χ0v) is 17.3. The predicted molar refractivity (Wildman–Crippen MR) is 118 cm³/mol. The average Bonchev–Trinajstić information content (AvgIpc) is 3.24. The van der Waals surface area contributed by atoms with Crippen molar-refractivity contribution < 1.29 is 9.90 Å². The second-order valence-corrected chi connectivity index (χ2v) is 8.00.